The van der Waals surface area contributed by atoms with E-state index in [1.165, 1.54) is 0 Å². The molecule has 0 bridgehead atoms. The standard InChI is InChI=1S/C16H17Br2NO2/c1-9-4-5-12(17)10(6-9)16(19)11-7-15(21-3)13(18)8-14(11)20-2/h4-8,16H,19H2,1-3H3. The van der Waals surface area contributed by atoms with Crippen LogP contribution < -0.4 is 15.2 Å². The highest BCUT2D eigenvalue weighted by atomic mass is 79.9. The van der Waals surface area contributed by atoms with Crippen molar-refractivity contribution in [2.24, 2.45) is 5.73 Å². The van der Waals surface area contributed by atoms with Crippen molar-refractivity contribution in [3.8, 4) is 11.5 Å². The van der Waals surface area contributed by atoms with Crippen molar-refractivity contribution in [1.29, 1.82) is 0 Å². The van der Waals surface area contributed by atoms with Crippen molar-refractivity contribution in [1.82, 2.24) is 0 Å². The van der Waals surface area contributed by atoms with Crippen molar-refractivity contribution in [2.45, 2.75) is 13.0 Å². The number of benzene rings is 2. The molecule has 0 aliphatic carbocycles. The van der Waals surface area contributed by atoms with Crippen LogP contribution in [0.3, 0.4) is 0 Å². The molecule has 0 aliphatic heterocycles. The SMILES string of the molecule is COc1cc(C(N)c2cc(C)ccc2Br)c(OC)cc1Br. The van der Waals surface area contributed by atoms with Crippen LogP contribution in [0.15, 0.2) is 39.3 Å². The molecule has 0 spiro atoms. The lowest BCUT2D eigenvalue weighted by atomic mass is 9.97. The Morgan fingerprint density at radius 3 is 2.19 bits per heavy atom. The Morgan fingerprint density at radius 2 is 1.57 bits per heavy atom. The minimum Gasteiger partial charge on any atom is -0.496 e. The largest absolute Gasteiger partial charge is 0.496 e. The molecule has 2 rings (SSSR count). The number of aryl methyl sites for hydroxylation is 1. The Bertz CT molecular complexity index is 659. The van der Waals surface area contributed by atoms with Gasteiger partial charge < -0.3 is 15.2 Å². The lowest BCUT2D eigenvalue weighted by Gasteiger charge is -2.19. The van der Waals surface area contributed by atoms with E-state index in [1.54, 1.807) is 14.2 Å². The maximum Gasteiger partial charge on any atom is 0.133 e. The fourth-order valence-electron chi connectivity index (χ4n) is 2.20. The second-order valence-electron chi connectivity index (χ2n) is 4.73. The van der Waals surface area contributed by atoms with Gasteiger partial charge in [0.05, 0.1) is 24.7 Å². The zero-order chi connectivity index (χ0) is 15.6. The summed E-state index contributed by atoms with van der Waals surface area (Å²) in [5.41, 5.74) is 9.50. The summed E-state index contributed by atoms with van der Waals surface area (Å²) >= 11 is 7.02. The molecule has 0 saturated heterocycles. The van der Waals surface area contributed by atoms with Gasteiger partial charge in [0.25, 0.3) is 0 Å². The van der Waals surface area contributed by atoms with Crippen LogP contribution in [0.1, 0.15) is 22.7 Å². The van der Waals surface area contributed by atoms with E-state index >= 15 is 0 Å². The molecule has 0 fully saturated rings. The van der Waals surface area contributed by atoms with E-state index < -0.39 is 0 Å². The average Bonchev–Trinajstić information content (AvgIpc) is 2.48. The molecule has 0 saturated carbocycles. The Hall–Kier alpha value is -1.04. The van der Waals surface area contributed by atoms with Crippen LogP contribution in [0.25, 0.3) is 0 Å². The molecule has 1 atom stereocenters. The minimum atomic E-state index is -0.309. The van der Waals surface area contributed by atoms with Gasteiger partial charge in [-0.3, -0.25) is 0 Å². The maximum atomic E-state index is 6.46. The van der Waals surface area contributed by atoms with E-state index in [1.807, 2.05) is 31.2 Å². The van der Waals surface area contributed by atoms with Crippen molar-refractivity contribution in [3.05, 3.63) is 56.0 Å². The highest BCUT2D eigenvalue weighted by Gasteiger charge is 2.19. The molecule has 3 nitrogen and oxygen atoms in total. The first-order chi connectivity index (χ1) is 9.97. The molecule has 0 amide bonds. The normalized spacial score (nSPS) is 12.1. The molecule has 0 aromatic heterocycles. The first kappa shape index (κ1) is 16.3. The maximum absolute atomic E-state index is 6.46. The zero-order valence-corrected chi connectivity index (χ0v) is 15.3. The molecule has 1 unspecified atom stereocenters. The molecule has 5 heteroatoms. The number of nitrogens with two attached hydrogens (primary N) is 1. The average molecular weight is 415 g/mol. The van der Waals surface area contributed by atoms with Crippen molar-refractivity contribution in [3.63, 3.8) is 0 Å². The van der Waals surface area contributed by atoms with Crippen LogP contribution in [0, 0.1) is 6.92 Å². The fourth-order valence-corrected chi connectivity index (χ4v) is 3.17. The quantitative estimate of drug-likeness (QED) is 0.795. The molecule has 112 valence electrons. The van der Waals surface area contributed by atoms with Gasteiger partial charge in [-0.05, 0) is 46.6 Å². The molecule has 0 aliphatic rings. The van der Waals surface area contributed by atoms with Gasteiger partial charge in [0.2, 0.25) is 0 Å². The fraction of sp³-hybridized carbons (Fsp3) is 0.250. The Morgan fingerprint density at radius 1 is 0.905 bits per heavy atom. The van der Waals surface area contributed by atoms with E-state index in [9.17, 15) is 0 Å². The first-order valence-electron chi connectivity index (χ1n) is 6.41. The van der Waals surface area contributed by atoms with Crippen LogP contribution in [-0.2, 0) is 0 Å². The molecule has 2 N–H and O–H groups in total. The molecular formula is C16H17Br2NO2. The van der Waals surface area contributed by atoms with Crippen molar-refractivity contribution >= 4 is 31.9 Å². The van der Waals surface area contributed by atoms with E-state index in [4.69, 9.17) is 15.2 Å². The third kappa shape index (κ3) is 3.42. The summed E-state index contributed by atoms with van der Waals surface area (Å²) in [7, 11) is 3.26. The van der Waals surface area contributed by atoms with E-state index in [0.29, 0.717) is 0 Å². The van der Waals surface area contributed by atoms with Crippen molar-refractivity contribution in [2.75, 3.05) is 14.2 Å². The van der Waals surface area contributed by atoms with Gasteiger partial charge in [-0.1, -0.05) is 33.6 Å². The lowest BCUT2D eigenvalue weighted by Crippen LogP contribution is -2.14. The van der Waals surface area contributed by atoms with E-state index in [-0.39, 0.29) is 6.04 Å². The Kier molecular flexibility index (Phi) is 5.30. The summed E-state index contributed by atoms with van der Waals surface area (Å²) in [5.74, 6) is 1.45. The van der Waals surface area contributed by atoms with Gasteiger partial charge in [0.1, 0.15) is 11.5 Å². The number of hydrogen-bond acceptors (Lipinski definition) is 3. The van der Waals surface area contributed by atoms with Crippen LogP contribution in [0.5, 0.6) is 11.5 Å². The molecular weight excluding hydrogens is 398 g/mol. The first-order valence-corrected chi connectivity index (χ1v) is 7.99. The summed E-state index contributed by atoms with van der Waals surface area (Å²) in [6, 6.07) is 9.59. The summed E-state index contributed by atoms with van der Waals surface area (Å²) in [4.78, 5) is 0. The van der Waals surface area contributed by atoms with Crippen LogP contribution in [0.2, 0.25) is 0 Å². The van der Waals surface area contributed by atoms with Gasteiger partial charge in [0, 0.05) is 10.0 Å². The monoisotopic (exact) mass is 413 g/mol. The summed E-state index contributed by atoms with van der Waals surface area (Å²) in [6.07, 6.45) is 0. The Balaban J connectivity index is 2.56. The number of methoxy groups -OCH3 is 2. The van der Waals surface area contributed by atoms with Crippen LogP contribution in [-0.4, -0.2) is 14.2 Å². The zero-order valence-electron chi connectivity index (χ0n) is 12.1. The highest BCUT2D eigenvalue weighted by molar-refractivity contribution is 9.10. The van der Waals surface area contributed by atoms with Gasteiger partial charge >= 0.3 is 0 Å². The third-order valence-corrected chi connectivity index (χ3v) is 4.67. The molecule has 2 aromatic carbocycles. The van der Waals surface area contributed by atoms with E-state index in [2.05, 4.69) is 37.9 Å². The van der Waals surface area contributed by atoms with Crippen LogP contribution in [0.4, 0.5) is 0 Å². The number of hydrogen-bond donors (Lipinski definition) is 1. The van der Waals surface area contributed by atoms with Crippen LogP contribution >= 0.6 is 31.9 Å². The molecule has 2 aromatic rings. The van der Waals surface area contributed by atoms with Gasteiger partial charge in [0.15, 0.2) is 0 Å². The smallest absolute Gasteiger partial charge is 0.133 e. The van der Waals surface area contributed by atoms with Gasteiger partial charge in [-0.2, -0.15) is 0 Å². The number of ether oxygens (including phenoxy) is 2. The highest BCUT2D eigenvalue weighted by Crippen LogP contribution is 2.38. The lowest BCUT2D eigenvalue weighted by molar-refractivity contribution is 0.395. The predicted octanol–water partition coefficient (Wildman–Crippen LogP) is 4.59. The molecule has 21 heavy (non-hydrogen) atoms. The third-order valence-electron chi connectivity index (χ3n) is 3.33. The molecule has 0 radical (unpaired) electrons. The summed E-state index contributed by atoms with van der Waals surface area (Å²) in [6.45, 7) is 2.04. The predicted molar refractivity (Wildman–Crippen MR) is 92.2 cm³/mol. The second kappa shape index (κ2) is 6.81. The number of halogens is 2. The van der Waals surface area contributed by atoms with Gasteiger partial charge in [-0.15, -0.1) is 0 Å². The second-order valence-corrected chi connectivity index (χ2v) is 6.44. The van der Waals surface area contributed by atoms with Gasteiger partial charge in [-0.25, -0.2) is 0 Å². The minimum absolute atomic E-state index is 0.309. The summed E-state index contributed by atoms with van der Waals surface area (Å²) < 4.78 is 12.6. The van der Waals surface area contributed by atoms with E-state index in [0.717, 1.165) is 37.1 Å². The topological polar surface area (TPSA) is 44.5 Å². The number of rotatable bonds is 4. The van der Waals surface area contributed by atoms with Crippen molar-refractivity contribution < 1.29 is 9.47 Å². The molecule has 0 heterocycles. The Labute approximate surface area is 141 Å². The summed E-state index contributed by atoms with van der Waals surface area (Å²) in [5, 5.41) is 0.